The van der Waals surface area contributed by atoms with Crippen molar-refractivity contribution in [1.29, 1.82) is 0 Å². The number of nitrogen functional groups attached to an aromatic ring is 1. The monoisotopic (exact) mass is 415 g/mol. The summed E-state index contributed by atoms with van der Waals surface area (Å²) in [6, 6.07) is 3.88. The maximum atomic E-state index is 12.1. The molecule has 1 aromatic heterocycles. The van der Waals surface area contributed by atoms with Crippen molar-refractivity contribution in [3.63, 3.8) is 0 Å². The molecule has 0 aliphatic heterocycles. The number of halogens is 3. The van der Waals surface area contributed by atoms with Crippen LogP contribution in [0.25, 0.3) is 0 Å². The first-order chi connectivity index (χ1) is 12.1. The SMILES string of the molecule is Cc1cc(C)c(NC(=O)COC(=O)c2nc(Cl)c(Cl)c(N)c2Cl)c(C)c1. The van der Waals surface area contributed by atoms with Gasteiger partial charge in [-0.2, -0.15) is 0 Å². The average molecular weight is 417 g/mol. The summed E-state index contributed by atoms with van der Waals surface area (Å²) in [7, 11) is 0. The first kappa shape index (κ1) is 20.3. The molecular weight excluding hydrogens is 401 g/mol. The molecule has 0 atom stereocenters. The van der Waals surface area contributed by atoms with Crippen molar-refractivity contribution >= 4 is 58.1 Å². The molecule has 2 aromatic rings. The number of ether oxygens (including phenoxy) is 1. The van der Waals surface area contributed by atoms with E-state index in [0.717, 1.165) is 16.7 Å². The van der Waals surface area contributed by atoms with Gasteiger partial charge in [-0.25, -0.2) is 9.78 Å². The van der Waals surface area contributed by atoms with E-state index in [4.69, 9.17) is 45.3 Å². The molecule has 1 amide bonds. The number of hydrogen-bond acceptors (Lipinski definition) is 5. The molecule has 1 heterocycles. The van der Waals surface area contributed by atoms with Gasteiger partial charge in [-0.15, -0.1) is 0 Å². The Balaban J connectivity index is 2.08. The lowest BCUT2D eigenvalue weighted by Crippen LogP contribution is -2.22. The van der Waals surface area contributed by atoms with E-state index in [1.807, 2.05) is 32.9 Å². The third kappa shape index (κ3) is 4.38. The highest BCUT2D eigenvalue weighted by Gasteiger charge is 2.22. The Morgan fingerprint density at radius 2 is 1.69 bits per heavy atom. The molecule has 26 heavy (non-hydrogen) atoms. The maximum Gasteiger partial charge on any atom is 0.359 e. The summed E-state index contributed by atoms with van der Waals surface area (Å²) in [5.41, 5.74) is 8.82. The van der Waals surface area contributed by atoms with Crippen LogP contribution >= 0.6 is 34.8 Å². The van der Waals surface area contributed by atoms with Gasteiger partial charge in [0.25, 0.3) is 5.91 Å². The highest BCUT2D eigenvalue weighted by atomic mass is 35.5. The Labute approximate surface area is 165 Å². The molecule has 3 N–H and O–H groups in total. The quantitative estimate of drug-likeness (QED) is 0.571. The number of esters is 1. The second-order valence-electron chi connectivity index (χ2n) is 5.69. The van der Waals surface area contributed by atoms with Gasteiger partial charge in [0.2, 0.25) is 0 Å². The number of carbonyl (C=O) groups excluding carboxylic acids is 2. The van der Waals surface area contributed by atoms with Crippen LogP contribution in [0.2, 0.25) is 15.2 Å². The van der Waals surface area contributed by atoms with Gasteiger partial charge >= 0.3 is 5.97 Å². The lowest BCUT2D eigenvalue weighted by atomic mass is 10.1. The summed E-state index contributed by atoms with van der Waals surface area (Å²) < 4.78 is 4.94. The van der Waals surface area contributed by atoms with Gasteiger partial charge in [0.15, 0.2) is 17.5 Å². The smallest absolute Gasteiger partial charge is 0.359 e. The molecule has 0 saturated carbocycles. The van der Waals surface area contributed by atoms with Crippen molar-refractivity contribution in [3.8, 4) is 0 Å². The van der Waals surface area contributed by atoms with E-state index in [9.17, 15) is 9.59 Å². The van der Waals surface area contributed by atoms with E-state index >= 15 is 0 Å². The van der Waals surface area contributed by atoms with Gasteiger partial charge in [0, 0.05) is 5.69 Å². The zero-order chi connectivity index (χ0) is 19.6. The molecule has 0 aliphatic rings. The number of nitrogens with one attached hydrogen (secondary N) is 1. The minimum atomic E-state index is -0.937. The van der Waals surface area contributed by atoms with Crippen molar-refractivity contribution < 1.29 is 14.3 Å². The molecule has 0 radical (unpaired) electrons. The van der Waals surface area contributed by atoms with E-state index in [0.29, 0.717) is 5.69 Å². The zero-order valence-electron chi connectivity index (χ0n) is 14.2. The van der Waals surface area contributed by atoms with Crippen LogP contribution in [0.15, 0.2) is 12.1 Å². The minimum absolute atomic E-state index is 0.0590. The Hall–Kier alpha value is -2.02. The summed E-state index contributed by atoms with van der Waals surface area (Å²) in [5, 5.41) is 2.29. The molecule has 6 nitrogen and oxygen atoms in total. The van der Waals surface area contributed by atoms with Crippen LogP contribution in [-0.4, -0.2) is 23.5 Å². The summed E-state index contributed by atoms with van der Waals surface area (Å²) in [6.45, 7) is 5.20. The van der Waals surface area contributed by atoms with Crippen molar-refractivity contribution in [1.82, 2.24) is 4.98 Å². The Bertz CT molecular complexity index is 878. The van der Waals surface area contributed by atoms with Gasteiger partial charge < -0.3 is 15.8 Å². The van der Waals surface area contributed by atoms with Gasteiger partial charge in [-0.05, 0) is 31.9 Å². The first-order valence-electron chi connectivity index (χ1n) is 7.46. The molecule has 0 saturated heterocycles. The third-order valence-corrected chi connectivity index (χ3v) is 4.68. The fourth-order valence-electron chi connectivity index (χ4n) is 2.42. The standard InChI is InChI=1S/C17H16Cl3N3O3/c1-7-4-8(2)14(9(3)5-7)22-10(24)6-26-17(25)15-11(18)13(21)12(19)16(20)23-15/h4-5H,6H2,1-3H3,(H2,21,23)(H,22,24). The summed E-state index contributed by atoms with van der Waals surface area (Å²) >= 11 is 17.5. The van der Waals surface area contributed by atoms with Crippen molar-refractivity contribution in [2.75, 3.05) is 17.7 Å². The molecule has 0 bridgehead atoms. The molecule has 0 unspecified atom stereocenters. The van der Waals surface area contributed by atoms with E-state index in [1.165, 1.54) is 0 Å². The summed E-state index contributed by atoms with van der Waals surface area (Å²) in [6.07, 6.45) is 0. The number of aromatic nitrogens is 1. The number of rotatable bonds is 4. The number of amides is 1. The number of nitrogens with zero attached hydrogens (tertiary/aromatic N) is 1. The van der Waals surface area contributed by atoms with Crippen LogP contribution < -0.4 is 11.1 Å². The summed E-state index contributed by atoms with van der Waals surface area (Å²) in [5.74, 6) is -1.44. The van der Waals surface area contributed by atoms with E-state index < -0.39 is 18.5 Å². The van der Waals surface area contributed by atoms with Crippen LogP contribution in [0.3, 0.4) is 0 Å². The van der Waals surface area contributed by atoms with E-state index in [-0.39, 0.29) is 26.6 Å². The molecule has 0 spiro atoms. The van der Waals surface area contributed by atoms with Crippen LogP contribution in [-0.2, 0) is 9.53 Å². The number of anilines is 2. The normalized spacial score (nSPS) is 10.5. The van der Waals surface area contributed by atoms with Gasteiger partial charge in [0.05, 0.1) is 10.7 Å². The molecule has 9 heteroatoms. The van der Waals surface area contributed by atoms with Crippen LogP contribution in [0.5, 0.6) is 0 Å². The van der Waals surface area contributed by atoms with Crippen LogP contribution in [0.4, 0.5) is 11.4 Å². The number of hydrogen-bond donors (Lipinski definition) is 2. The predicted molar refractivity (Wildman–Crippen MR) is 103 cm³/mol. The minimum Gasteiger partial charge on any atom is -0.451 e. The zero-order valence-corrected chi connectivity index (χ0v) is 16.5. The lowest BCUT2D eigenvalue weighted by molar-refractivity contribution is -0.119. The topological polar surface area (TPSA) is 94.3 Å². The number of nitrogens with two attached hydrogens (primary N) is 1. The Kier molecular flexibility index (Phi) is 6.34. The Morgan fingerprint density at radius 1 is 1.12 bits per heavy atom. The van der Waals surface area contributed by atoms with Gasteiger partial charge in [-0.1, -0.05) is 52.5 Å². The van der Waals surface area contributed by atoms with Crippen LogP contribution in [0, 0.1) is 20.8 Å². The molecule has 0 fully saturated rings. The fourth-order valence-corrected chi connectivity index (χ4v) is 3.00. The number of aryl methyl sites for hydroxylation is 3. The second kappa shape index (κ2) is 8.12. The van der Waals surface area contributed by atoms with Crippen molar-refractivity contribution in [3.05, 3.63) is 49.7 Å². The highest BCUT2D eigenvalue weighted by molar-refractivity contribution is 6.46. The first-order valence-corrected chi connectivity index (χ1v) is 8.60. The second-order valence-corrected chi connectivity index (χ2v) is 6.80. The molecule has 1 aromatic carbocycles. The van der Waals surface area contributed by atoms with Gasteiger partial charge in [-0.3, -0.25) is 4.79 Å². The van der Waals surface area contributed by atoms with E-state index in [1.54, 1.807) is 0 Å². The molecule has 138 valence electrons. The fraction of sp³-hybridized carbons (Fsp3) is 0.235. The van der Waals surface area contributed by atoms with Crippen molar-refractivity contribution in [2.45, 2.75) is 20.8 Å². The molecular formula is C17H16Cl3N3O3. The number of benzene rings is 1. The third-order valence-electron chi connectivity index (χ3n) is 3.54. The van der Waals surface area contributed by atoms with E-state index in [2.05, 4.69) is 10.3 Å². The predicted octanol–water partition coefficient (Wildman–Crippen LogP) is 4.34. The lowest BCUT2D eigenvalue weighted by Gasteiger charge is -2.13. The van der Waals surface area contributed by atoms with Gasteiger partial charge in [0.1, 0.15) is 5.02 Å². The largest absolute Gasteiger partial charge is 0.451 e. The molecule has 0 aliphatic carbocycles. The highest BCUT2D eigenvalue weighted by Crippen LogP contribution is 2.34. The average Bonchev–Trinajstić information content (AvgIpc) is 2.57. The van der Waals surface area contributed by atoms with Crippen molar-refractivity contribution in [2.24, 2.45) is 0 Å². The molecule has 2 rings (SSSR count). The summed E-state index contributed by atoms with van der Waals surface area (Å²) in [4.78, 5) is 28.0. The Morgan fingerprint density at radius 3 is 2.27 bits per heavy atom. The number of pyridine rings is 1. The number of carbonyl (C=O) groups is 2. The van der Waals surface area contributed by atoms with Crippen LogP contribution in [0.1, 0.15) is 27.2 Å². The maximum absolute atomic E-state index is 12.1.